The highest BCUT2D eigenvalue weighted by Gasteiger charge is 2.31. The molecule has 0 heterocycles. The molecule has 0 saturated carbocycles. The second kappa shape index (κ2) is 21.8. The van der Waals surface area contributed by atoms with Crippen LogP contribution < -0.4 is 0 Å². The second-order valence-electron chi connectivity index (χ2n) is 8.04. The fraction of sp³-hybridized carbons (Fsp3) is 1.00. The summed E-state index contributed by atoms with van der Waals surface area (Å²) in [4.78, 5) is 0. The van der Waals surface area contributed by atoms with Gasteiger partial charge >= 0.3 is 0 Å². The summed E-state index contributed by atoms with van der Waals surface area (Å²) in [6.45, 7) is 7.88. The first-order valence-electron chi connectivity index (χ1n) is 12.7. The van der Waals surface area contributed by atoms with Gasteiger partial charge in [0.05, 0.1) is 0 Å². The zero-order valence-electron chi connectivity index (χ0n) is 19.9. The fourth-order valence-corrected chi connectivity index (χ4v) is 4.39. The van der Waals surface area contributed by atoms with Gasteiger partial charge in [-0.3, -0.25) is 0 Å². The molecule has 0 unspecified atom stereocenters. The molecule has 0 radical (unpaired) electrons. The lowest BCUT2D eigenvalue weighted by Crippen LogP contribution is -2.39. The average Bonchev–Trinajstić information content (AvgIpc) is 2.68. The van der Waals surface area contributed by atoms with Crippen molar-refractivity contribution in [3.8, 4) is 0 Å². The summed E-state index contributed by atoms with van der Waals surface area (Å²) in [7, 11) is 1.39. The predicted octanol–water partition coefficient (Wildman–Crippen LogP) is 6.78. The predicted molar refractivity (Wildman–Crippen MR) is 126 cm³/mol. The van der Waals surface area contributed by atoms with E-state index in [9.17, 15) is 0 Å². The molecule has 4 heteroatoms. The van der Waals surface area contributed by atoms with Gasteiger partial charge in [-0.05, 0) is 27.2 Å². The SMILES string of the molecule is CCOC(CCCCCCCCCCCCCCCCC[SiH3])(OCC)OCC. The first-order chi connectivity index (χ1) is 13.7. The lowest BCUT2D eigenvalue weighted by Gasteiger charge is -2.32. The van der Waals surface area contributed by atoms with Gasteiger partial charge in [0, 0.05) is 36.5 Å². The zero-order valence-corrected chi connectivity index (χ0v) is 21.9. The van der Waals surface area contributed by atoms with E-state index in [2.05, 4.69) is 0 Å². The lowest BCUT2D eigenvalue weighted by molar-refractivity contribution is -0.380. The van der Waals surface area contributed by atoms with Crippen molar-refractivity contribution in [1.29, 1.82) is 0 Å². The van der Waals surface area contributed by atoms with Crippen LogP contribution in [0.25, 0.3) is 0 Å². The Hall–Kier alpha value is 0.0969. The molecule has 28 heavy (non-hydrogen) atoms. The molecule has 0 atom stereocenters. The standard InChI is InChI=1S/C24H52O3Si/c1-4-25-24(26-5-2,27-6-3)22-20-18-16-14-12-10-8-7-9-11-13-15-17-19-21-23-28/h4-23H2,1-3,28H3. The molecule has 0 spiro atoms. The van der Waals surface area contributed by atoms with Crippen molar-refractivity contribution < 1.29 is 14.2 Å². The van der Waals surface area contributed by atoms with Crippen molar-refractivity contribution in [2.45, 2.75) is 136 Å². The first-order valence-corrected chi connectivity index (χ1v) is 14.1. The monoisotopic (exact) mass is 416 g/mol. The van der Waals surface area contributed by atoms with E-state index in [0.717, 1.165) is 12.8 Å². The van der Waals surface area contributed by atoms with Crippen LogP contribution in [0.2, 0.25) is 6.04 Å². The molecule has 0 aliphatic carbocycles. The molecule has 0 fully saturated rings. The van der Waals surface area contributed by atoms with E-state index in [4.69, 9.17) is 14.2 Å². The Morgan fingerprint density at radius 3 is 1.04 bits per heavy atom. The smallest absolute Gasteiger partial charge is 0.282 e. The highest BCUT2D eigenvalue weighted by atomic mass is 28.1. The van der Waals surface area contributed by atoms with Crippen LogP contribution in [-0.2, 0) is 14.2 Å². The molecule has 0 aromatic carbocycles. The Morgan fingerprint density at radius 1 is 0.464 bits per heavy atom. The summed E-state index contributed by atoms with van der Waals surface area (Å²) in [6.07, 6.45) is 21.9. The summed E-state index contributed by atoms with van der Waals surface area (Å²) < 4.78 is 17.4. The van der Waals surface area contributed by atoms with Crippen molar-refractivity contribution in [2.24, 2.45) is 0 Å². The maximum atomic E-state index is 5.79. The van der Waals surface area contributed by atoms with Crippen LogP contribution in [0.3, 0.4) is 0 Å². The van der Waals surface area contributed by atoms with E-state index in [1.165, 1.54) is 106 Å². The van der Waals surface area contributed by atoms with Crippen molar-refractivity contribution in [1.82, 2.24) is 0 Å². The average molecular weight is 417 g/mol. The van der Waals surface area contributed by atoms with Gasteiger partial charge in [0.1, 0.15) is 0 Å². The minimum absolute atomic E-state index is 0.625. The van der Waals surface area contributed by atoms with Gasteiger partial charge in [0.25, 0.3) is 5.97 Å². The number of rotatable bonds is 23. The van der Waals surface area contributed by atoms with E-state index in [0.29, 0.717) is 19.8 Å². The first kappa shape index (κ1) is 28.1. The van der Waals surface area contributed by atoms with Crippen molar-refractivity contribution in [3.63, 3.8) is 0 Å². The number of unbranched alkanes of at least 4 members (excludes halogenated alkanes) is 14. The Kier molecular flexibility index (Phi) is 21.9. The molecule has 0 bridgehead atoms. The summed E-state index contributed by atoms with van der Waals surface area (Å²) in [5.41, 5.74) is 0. The van der Waals surface area contributed by atoms with Gasteiger partial charge in [-0.15, -0.1) is 0 Å². The van der Waals surface area contributed by atoms with E-state index in [-0.39, 0.29) is 0 Å². The maximum Gasteiger partial charge on any atom is 0.282 e. The summed E-state index contributed by atoms with van der Waals surface area (Å²) in [5, 5.41) is 0. The van der Waals surface area contributed by atoms with Crippen LogP contribution in [0, 0.1) is 0 Å². The number of ether oxygens (including phenoxy) is 3. The highest BCUT2D eigenvalue weighted by molar-refractivity contribution is 6.08. The number of hydrogen-bond acceptors (Lipinski definition) is 3. The van der Waals surface area contributed by atoms with Crippen LogP contribution in [0.4, 0.5) is 0 Å². The molecule has 0 saturated heterocycles. The number of hydrogen-bond donors (Lipinski definition) is 0. The largest absolute Gasteiger partial charge is 0.328 e. The molecular weight excluding hydrogens is 364 g/mol. The van der Waals surface area contributed by atoms with E-state index >= 15 is 0 Å². The van der Waals surface area contributed by atoms with Crippen molar-refractivity contribution >= 4 is 10.2 Å². The molecule has 0 aliphatic rings. The third-order valence-electron chi connectivity index (χ3n) is 5.43. The zero-order chi connectivity index (χ0) is 20.8. The molecule has 0 N–H and O–H groups in total. The topological polar surface area (TPSA) is 27.7 Å². The van der Waals surface area contributed by atoms with E-state index in [1.807, 2.05) is 20.8 Å². The van der Waals surface area contributed by atoms with Gasteiger partial charge < -0.3 is 14.2 Å². The van der Waals surface area contributed by atoms with Crippen molar-refractivity contribution in [2.75, 3.05) is 19.8 Å². The third-order valence-corrected chi connectivity index (χ3v) is 6.14. The maximum absolute atomic E-state index is 5.79. The Bertz CT molecular complexity index is 283. The van der Waals surface area contributed by atoms with Gasteiger partial charge in [0.15, 0.2) is 0 Å². The summed E-state index contributed by atoms with van der Waals surface area (Å²) in [6, 6.07) is 1.49. The molecular formula is C24H52O3Si. The summed E-state index contributed by atoms with van der Waals surface area (Å²) >= 11 is 0. The Balaban J connectivity index is 3.46. The molecule has 0 amide bonds. The second-order valence-corrected chi connectivity index (χ2v) is 9.04. The molecule has 0 rings (SSSR count). The van der Waals surface area contributed by atoms with Gasteiger partial charge in [-0.25, -0.2) is 0 Å². The molecule has 3 nitrogen and oxygen atoms in total. The highest BCUT2D eigenvalue weighted by Crippen LogP contribution is 2.24. The van der Waals surface area contributed by atoms with Gasteiger partial charge in [0.2, 0.25) is 0 Å². The molecule has 0 aliphatic heterocycles. The van der Waals surface area contributed by atoms with E-state index in [1.54, 1.807) is 0 Å². The van der Waals surface area contributed by atoms with Crippen LogP contribution >= 0.6 is 0 Å². The minimum atomic E-state index is -0.810. The Labute approximate surface area is 180 Å². The normalized spacial score (nSPS) is 12.1. The lowest BCUT2D eigenvalue weighted by atomic mass is 10.0. The van der Waals surface area contributed by atoms with Crippen LogP contribution in [0.15, 0.2) is 0 Å². The molecule has 0 aromatic rings. The minimum Gasteiger partial charge on any atom is -0.328 e. The van der Waals surface area contributed by atoms with Gasteiger partial charge in [-0.1, -0.05) is 95.9 Å². The fourth-order valence-electron chi connectivity index (χ4n) is 3.89. The van der Waals surface area contributed by atoms with E-state index < -0.39 is 5.97 Å². The van der Waals surface area contributed by atoms with Crippen molar-refractivity contribution in [3.05, 3.63) is 0 Å². The molecule has 170 valence electrons. The summed E-state index contributed by atoms with van der Waals surface area (Å²) in [5.74, 6) is -0.810. The van der Waals surface area contributed by atoms with Crippen LogP contribution in [0.1, 0.15) is 124 Å². The molecule has 0 aromatic heterocycles. The quantitative estimate of drug-likeness (QED) is 0.104. The third kappa shape index (κ3) is 17.0. The Morgan fingerprint density at radius 2 is 0.750 bits per heavy atom. The van der Waals surface area contributed by atoms with Crippen LogP contribution in [-0.4, -0.2) is 36.0 Å². The van der Waals surface area contributed by atoms with Crippen LogP contribution in [0.5, 0.6) is 0 Å². The van der Waals surface area contributed by atoms with Gasteiger partial charge in [-0.2, -0.15) is 0 Å².